The third kappa shape index (κ3) is 4.65. The molecule has 0 bridgehead atoms. The van der Waals surface area contributed by atoms with Crippen molar-refractivity contribution in [3.8, 4) is 5.75 Å². The maximum absolute atomic E-state index is 13.8. The van der Waals surface area contributed by atoms with Crippen LogP contribution in [0.4, 0.5) is 21.8 Å². The standard InChI is InChI=1S/C17H16ClFN6O3/c1-28-15-10(3-2-4-13(15)19)5-20-16-12(18)7-21-17(24-16)23-11-6-22-25(8-11)9-14(26)27/h2-4,6-8H,5,9H2,1H3,(H,26,27)(H2,20,21,23,24). The highest BCUT2D eigenvalue weighted by Gasteiger charge is 2.11. The summed E-state index contributed by atoms with van der Waals surface area (Å²) in [5.41, 5.74) is 1.11. The van der Waals surface area contributed by atoms with E-state index in [1.54, 1.807) is 12.1 Å². The van der Waals surface area contributed by atoms with E-state index < -0.39 is 11.8 Å². The number of hydrogen-bond donors (Lipinski definition) is 3. The van der Waals surface area contributed by atoms with E-state index in [9.17, 15) is 9.18 Å². The van der Waals surface area contributed by atoms with E-state index in [0.717, 1.165) is 0 Å². The van der Waals surface area contributed by atoms with Crippen molar-refractivity contribution in [2.24, 2.45) is 0 Å². The minimum atomic E-state index is -1.00. The van der Waals surface area contributed by atoms with Gasteiger partial charge in [-0.05, 0) is 6.07 Å². The molecule has 2 aromatic heterocycles. The van der Waals surface area contributed by atoms with Gasteiger partial charge in [-0.15, -0.1) is 0 Å². The molecule has 28 heavy (non-hydrogen) atoms. The molecule has 0 amide bonds. The number of benzene rings is 1. The van der Waals surface area contributed by atoms with Crippen molar-refractivity contribution in [2.45, 2.75) is 13.1 Å². The molecule has 2 heterocycles. The molecule has 0 fully saturated rings. The number of halogens is 2. The number of para-hydroxylation sites is 1. The van der Waals surface area contributed by atoms with Gasteiger partial charge in [0.05, 0.1) is 25.2 Å². The Morgan fingerprint density at radius 3 is 2.96 bits per heavy atom. The average Bonchev–Trinajstić information content (AvgIpc) is 3.08. The molecule has 0 saturated carbocycles. The summed E-state index contributed by atoms with van der Waals surface area (Å²) in [6.07, 6.45) is 4.37. The second-order valence-electron chi connectivity index (χ2n) is 5.62. The third-order valence-corrected chi connectivity index (χ3v) is 3.91. The molecule has 0 aliphatic rings. The molecule has 3 N–H and O–H groups in total. The molecule has 11 heteroatoms. The number of carboxylic acids is 1. The van der Waals surface area contributed by atoms with Crippen LogP contribution in [0.2, 0.25) is 5.02 Å². The third-order valence-electron chi connectivity index (χ3n) is 3.63. The summed E-state index contributed by atoms with van der Waals surface area (Å²) in [4.78, 5) is 19.1. The number of aliphatic carboxylic acids is 1. The summed E-state index contributed by atoms with van der Waals surface area (Å²) in [7, 11) is 1.39. The average molecular weight is 407 g/mol. The minimum absolute atomic E-state index is 0.143. The van der Waals surface area contributed by atoms with Gasteiger partial charge in [0.1, 0.15) is 11.6 Å². The molecule has 3 rings (SSSR count). The minimum Gasteiger partial charge on any atom is -0.493 e. The van der Waals surface area contributed by atoms with Crippen LogP contribution in [-0.2, 0) is 17.9 Å². The van der Waals surface area contributed by atoms with Crippen LogP contribution in [0.5, 0.6) is 5.75 Å². The van der Waals surface area contributed by atoms with Crippen molar-refractivity contribution >= 4 is 35.0 Å². The lowest BCUT2D eigenvalue weighted by molar-refractivity contribution is -0.137. The highest BCUT2D eigenvalue weighted by molar-refractivity contribution is 6.32. The highest BCUT2D eigenvalue weighted by atomic mass is 35.5. The van der Waals surface area contributed by atoms with E-state index in [1.165, 1.54) is 36.4 Å². The van der Waals surface area contributed by atoms with Crippen LogP contribution in [0.1, 0.15) is 5.56 Å². The Morgan fingerprint density at radius 2 is 2.21 bits per heavy atom. The maximum Gasteiger partial charge on any atom is 0.325 e. The fourth-order valence-electron chi connectivity index (χ4n) is 2.43. The first-order valence-electron chi connectivity index (χ1n) is 8.05. The van der Waals surface area contributed by atoms with Gasteiger partial charge in [0.15, 0.2) is 17.4 Å². The predicted molar refractivity (Wildman–Crippen MR) is 100 cm³/mol. The van der Waals surface area contributed by atoms with E-state index >= 15 is 0 Å². The van der Waals surface area contributed by atoms with Gasteiger partial charge in [0.2, 0.25) is 5.95 Å². The molecule has 0 unspecified atom stereocenters. The Hall–Kier alpha value is -3.40. The smallest absolute Gasteiger partial charge is 0.325 e. The predicted octanol–water partition coefficient (Wildman–Crippen LogP) is 2.91. The largest absolute Gasteiger partial charge is 0.493 e. The monoisotopic (exact) mass is 406 g/mol. The summed E-state index contributed by atoms with van der Waals surface area (Å²) in [5, 5.41) is 18.9. The van der Waals surface area contributed by atoms with E-state index in [0.29, 0.717) is 17.1 Å². The number of nitrogens with one attached hydrogen (secondary N) is 2. The molecule has 0 aliphatic carbocycles. The fourth-order valence-corrected chi connectivity index (χ4v) is 2.59. The normalized spacial score (nSPS) is 10.5. The number of hydrogen-bond acceptors (Lipinski definition) is 7. The SMILES string of the molecule is COc1c(F)cccc1CNc1nc(Nc2cnn(CC(=O)O)c2)ncc1Cl. The number of nitrogens with zero attached hydrogens (tertiary/aromatic N) is 4. The van der Waals surface area contributed by atoms with Crippen molar-refractivity contribution in [2.75, 3.05) is 17.7 Å². The zero-order valence-electron chi connectivity index (χ0n) is 14.7. The highest BCUT2D eigenvalue weighted by Crippen LogP contribution is 2.25. The number of ether oxygens (including phenoxy) is 1. The molecular weight excluding hydrogens is 391 g/mol. The van der Waals surface area contributed by atoms with Crippen LogP contribution in [0.25, 0.3) is 0 Å². The first-order chi connectivity index (χ1) is 13.5. The Morgan fingerprint density at radius 1 is 1.39 bits per heavy atom. The van der Waals surface area contributed by atoms with Crippen LogP contribution in [0.15, 0.2) is 36.8 Å². The van der Waals surface area contributed by atoms with E-state index in [-0.39, 0.29) is 29.8 Å². The van der Waals surface area contributed by atoms with Crippen molar-refractivity contribution in [1.29, 1.82) is 0 Å². The van der Waals surface area contributed by atoms with Gasteiger partial charge in [-0.3, -0.25) is 9.48 Å². The lowest BCUT2D eigenvalue weighted by atomic mass is 10.2. The summed E-state index contributed by atoms with van der Waals surface area (Å²) in [6, 6.07) is 4.62. The van der Waals surface area contributed by atoms with Gasteiger partial charge in [-0.1, -0.05) is 23.7 Å². The molecule has 0 atom stereocenters. The summed E-state index contributed by atoms with van der Waals surface area (Å²) < 4.78 is 20.1. The van der Waals surface area contributed by atoms with Crippen LogP contribution in [-0.4, -0.2) is 37.9 Å². The second-order valence-corrected chi connectivity index (χ2v) is 6.03. The van der Waals surface area contributed by atoms with Crippen molar-refractivity contribution < 1.29 is 19.0 Å². The molecule has 0 spiro atoms. The molecule has 0 radical (unpaired) electrons. The van der Waals surface area contributed by atoms with E-state index in [2.05, 4.69) is 25.7 Å². The van der Waals surface area contributed by atoms with E-state index in [4.69, 9.17) is 21.4 Å². The first kappa shape index (κ1) is 19.4. The Kier molecular flexibility index (Phi) is 5.90. The number of aromatic nitrogens is 4. The quantitative estimate of drug-likeness (QED) is 0.523. The van der Waals surface area contributed by atoms with Crippen LogP contribution >= 0.6 is 11.6 Å². The summed E-state index contributed by atoms with van der Waals surface area (Å²) >= 11 is 6.13. The lowest BCUT2D eigenvalue weighted by Gasteiger charge is -2.12. The summed E-state index contributed by atoms with van der Waals surface area (Å²) in [6.45, 7) is -0.0287. The molecule has 146 valence electrons. The fraction of sp³-hybridized carbons (Fsp3) is 0.176. The lowest BCUT2D eigenvalue weighted by Crippen LogP contribution is -2.08. The number of carbonyl (C=O) groups is 1. The number of methoxy groups -OCH3 is 1. The van der Waals surface area contributed by atoms with Crippen LogP contribution < -0.4 is 15.4 Å². The topological polar surface area (TPSA) is 114 Å². The molecule has 0 aliphatic heterocycles. The van der Waals surface area contributed by atoms with Crippen molar-refractivity contribution in [1.82, 2.24) is 19.7 Å². The molecule has 3 aromatic rings. The van der Waals surface area contributed by atoms with Crippen molar-refractivity contribution in [3.63, 3.8) is 0 Å². The number of anilines is 3. The maximum atomic E-state index is 13.8. The molecule has 0 saturated heterocycles. The molecule has 9 nitrogen and oxygen atoms in total. The zero-order chi connectivity index (χ0) is 20.1. The van der Waals surface area contributed by atoms with Gasteiger partial charge < -0.3 is 20.5 Å². The Labute approximate surface area is 164 Å². The molecular formula is C17H16ClFN6O3. The van der Waals surface area contributed by atoms with E-state index in [1.807, 2.05) is 0 Å². The van der Waals surface area contributed by atoms with Gasteiger partial charge in [-0.25, -0.2) is 9.37 Å². The molecule has 1 aromatic carbocycles. The zero-order valence-corrected chi connectivity index (χ0v) is 15.4. The van der Waals surface area contributed by atoms with Gasteiger partial charge in [0, 0.05) is 18.3 Å². The van der Waals surface area contributed by atoms with Crippen LogP contribution in [0.3, 0.4) is 0 Å². The second kappa shape index (κ2) is 8.53. The number of carboxylic acid groups (broad SMARTS) is 1. The van der Waals surface area contributed by atoms with Crippen molar-refractivity contribution in [3.05, 3.63) is 53.2 Å². The van der Waals surface area contributed by atoms with Gasteiger partial charge in [-0.2, -0.15) is 10.1 Å². The Balaban J connectivity index is 1.72. The number of rotatable bonds is 8. The summed E-state index contributed by atoms with van der Waals surface area (Å²) in [5.74, 6) is -0.756. The van der Waals surface area contributed by atoms with Gasteiger partial charge >= 0.3 is 5.97 Å². The Bertz CT molecular complexity index is 997. The van der Waals surface area contributed by atoms with Gasteiger partial charge in [0.25, 0.3) is 0 Å². The van der Waals surface area contributed by atoms with Crippen LogP contribution in [0, 0.1) is 5.82 Å². The first-order valence-corrected chi connectivity index (χ1v) is 8.43.